The third-order valence-electron chi connectivity index (χ3n) is 3.85. The van der Waals surface area contributed by atoms with Crippen LogP contribution < -0.4 is 0 Å². The van der Waals surface area contributed by atoms with Crippen LogP contribution in [0.25, 0.3) is 0 Å². The maximum atomic E-state index is 12.7. The molecule has 0 aliphatic carbocycles. The Morgan fingerprint density at radius 3 is 2.56 bits per heavy atom. The number of benzene rings is 1. The predicted molar refractivity (Wildman–Crippen MR) is 98.1 cm³/mol. The minimum Gasteiger partial charge on any atom is -0.444 e. The summed E-state index contributed by atoms with van der Waals surface area (Å²) >= 11 is 5.92. The molecular weight excluding hydrogens is 364 g/mol. The van der Waals surface area contributed by atoms with Crippen molar-refractivity contribution in [3.8, 4) is 0 Å². The third-order valence-corrected chi connectivity index (χ3v) is 5.90. The van der Waals surface area contributed by atoms with Gasteiger partial charge in [0.1, 0.15) is 5.60 Å². The molecule has 0 spiro atoms. The van der Waals surface area contributed by atoms with Crippen LogP contribution in [0.2, 0.25) is 5.02 Å². The van der Waals surface area contributed by atoms with Crippen molar-refractivity contribution in [2.45, 2.75) is 45.1 Å². The second kappa shape index (κ2) is 7.51. The molecule has 1 atom stereocenters. The Morgan fingerprint density at radius 1 is 1.32 bits per heavy atom. The highest BCUT2D eigenvalue weighted by Gasteiger charge is 2.35. The highest BCUT2D eigenvalue weighted by Crippen LogP contribution is 2.20. The van der Waals surface area contributed by atoms with Gasteiger partial charge in [-0.05, 0) is 45.4 Å². The van der Waals surface area contributed by atoms with Crippen LogP contribution in [0.4, 0.5) is 4.79 Å². The van der Waals surface area contributed by atoms with Crippen molar-refractivity contribution in [1.82, 2.24) is 9.21 Å². The molecule has 2 rings (SSSR count). The first-order chi connectivity index (χ1) is 11.5. The van der Waals surface area contributed by atoms with E-state index in [0.29, 0.717) is 17.1 Å². The van der Waals surface area contributed by atoms with E-state index >= 15 is 0 Å². The lowest BCUT2D eigenvalue weighted by Gasteiger charge is -2.39. The molecule has 1 fully saturated rings. The van der Waals surface area contributed by atoms with E-state index in [9.17, 15) is 13.2 Å². The zero-order chi connectivity index (χ0) is 18.8. The van der Waals surface area contributed by atoms with E-state index in [4.69, 9.17) is 16.3 Å². The fourth-order valence-corrected chi connectivity index (χ4v) is 4.50. The Kier molecular flexibility index (Phi) is 6.01. The molecule has 8 heteroatoms. The van der Waals surface area contributed by atoms with Crippen molar-refractivity contribution in [2.75, 3.05) is 19.6 Å². The highest BCUT2D eigenvalue weighted by molar-refractivity contribution is 7.88. The molecule has 0 N–H and O–H groups in total. The molecule has 1 aliphatic heterocycles. The van der Waals surface area contributed by atoms with Crippen LogP contribution in [-0.4, -0.2) is 55.0 Å². The summed E-state index contributed by atoms with van der Waals surface area (Å²) in [4.78, 5) is 13.8. The fraction of sp³-hybridized carbons (Fsp3) is 0.588. The number of rotatable bonds is 3. The highest BCUT2D eigenvalue weighted by atomic mass is 35.5. The van der Waals surface area contributed by atoms with Crippen LogP contribution in [0.3, 0.4) is 0 Å². The Balaban J connectivity index is 2.03. The third kappa shape index (κ3) is 5.59. The molecule has 1 aromatic rings. The van der Waals surface area contributed by atoms with Gasteiger partial charge in [-0.2, -0.15) is 4.31 Å². The van der Waals surface area contributed by atoms with Crippen LogP contribution in [0.1, 0.15) is 33.3 Å². The molecule has 1 unspecified atom stereocenters. The number of hydrogen-bond acceptors (Lipinski definition) is 4. The number of amides is 1. The first-order valence-electron chi connectivity index (χ1n) is 8.20. The predicted octanol–water partition coefficient (Wildman–Crippen LogP) is 3.11. The minimum atomic E-state index is -3.47. The molecule has 25 heavy (non-hydrogen) atoms. The van der Waals surface area contributed by atoms with E-state index in [1.54, 1.807) is 49.9 Å². The van der Waals surface area contributed by atoms with Gasteiger partial charge in [-0.25, -0.2) is 13.2 Å². The fourth-order valence-electron chi connectivity index (χ4n) is 2.70. The molecular formula is C17H25ClN2O4S. The molecule has 0 aromatic heterocycles. The maximum absolute atomic E-state index is 12.7. The topological polar surface area (TPSA) is 66.9 Å². The van der Waals surface area contributed by atoms with E-state index in [1.807, 2.05) is 6.92 Å². The second-order valence-corrected chi connectivity index (χ2v) is 9.67. The van der Waals surface area contributed by atoms with E-state index in [0.717, 1.165) is 0 Å². The molecule has 1 heterocycles. The van der Waals surface area contributed by atoms with Gasteiger partial charge in [-0.1, -0.05) is 23.7 Å². The van der Waals surface area contributed by atoms with Gasteiger partial charge in [0.2, 0.25) is 10.0 Å². The number of ether oxygens (including phenoxy) is 1. The van der Waals surface area contributed by atoms with E-state index in [1.165, 1.54) is 4.31 Å². The van der Waals surface area contributed by atoms with Gasteiger partial charge < -0.3 is 9.64 Å². The summed E-state index contributed by atoms with van der Waals surface area (Å²) in [5.74, 6) is -0.104. The molecule has 1 saturated heterocycles. The zero-order valence-corrected chi connectivity index (χ0v) is 16.6. The van der Waals surface area contributed by atoms with Gasteiger partial charge in [0.25, 0.3) is 0 Å². The number of piperazine rings is 1. The lowest BCUT2D eigenvalue weighted by Crippen LogP contribution is -2.56. The second-order valence-electron chi connectivity index (χ2n) is 7.27. The average molecular weight is 389 g/mol. The molecule has 6 nitrogen and oxygen atoms in total. The maximum Gasteiger partial charge on any atom is 0.410 e. The normalized spacial score (nSPS) is 19.7. The number of hydrogen-bond donors (Lipinski definition) is 0. The van der Waals surface area contributed by atoms with Crippen LogP contribution in [0.15, 0.2) is 24.3 Å². The lowest BCUT2D eigenvalue weighted by molar-refractivity contribution is 0.00857. The van der Waals surface area contributed by atoms with Gasteiger partial charge >= 0.3 is 6.09 Å². The largest absolute Gasteiger partial charge is 0.444 e. The van der Waals surface area contributed by atoms with Crippen LogP contribution in [0.5, 0.6) is 0 Å². The molecule has 0 saturated carbocycles. The van der Waals surface area contributed by atoms with Crippen LogP contribution >= 0.6 is 11.6 Å². The SMILES string of the molecule is CC1CN(S(=O)(=O)Cc2cccc(Cl)c2)CCN1C(=O)OC(C)(C)C. The molecule has 1 aliphatic rings. The molecule has 0 bridgehead atoms. The van der Waals surface area contributed by atoms with E-state index < -0.39 is 21.7 Å². The van der Waals surface area contributed by atoms with Gasteiger partial charge in [-0.3, -0.25) is 0 Å². The van der Waals surface area contributed by atoms with E-state index in [-0.39, 0.29) is 24.9 Å². The van der Waals surface area contributed by atoms with Crippen molar-refractivity contribution in [1.29, 1.82) is 0 Å². The number of sulfonamides is 1. The molecule has 140 valence electrons. The molecule has 1 amide bonds. The first kappa shape index (κ1) is 20.0. The summed E-state index contributed by atoms with van der Waals surface area (Å²) in [6.45, 7) is 8.06. The van der Waals surface area contributed by atoms with E-state index in [2.05, 4.69) is 0 Å². The van der Waals surface area contributed by atoms with Crippen molar-refractivity contribution >= 4 is 27.7 Å². The summed E-state index contributed by atoms with van der Waals surface area (Å²) in [6, 6.07) is 6.58. The summed E-state index contributed by atoms with van der Waals surface area (Å²) in [7, 11) is -3.47. The summed E-state index contributed by atoms with van der Waals surface area (Å²) in [5.41, 5.74) is 0.0711. The summed E-state index contributed by atoms with van der Waals surface area (Å²) < 4.78 is 32.1. The smallest absolute Gasteiger partial charge is 0.410 e. The summed E-state index contributed by atoms with van der Waals surface area (Å²) in [6.07, 6.45) is -0.410. The molecule has 0 radical (unpaired) electrons. The Hall–Kier alpha value is -1.31. The van der Waals surface area contributed by atoms with Crippen molar-refractivity contribution in [3.05, 3.63) is 34.9 Å². The molecule has 1 aromatic carbocycles. The standard InChI is InChI=1S/C17H25ClN2O4S/c1-13-11-19(8-9-20(13)16(21)24-17(2,3)4)25(22,23)12-14-6-5-7-15(18)10-14/h5-7,10,13H,8-9,11-12H2,1-4H3. The monoisotopic (exact) mass is 388 g/mol. The van der Waals surface area contributed by atoms with Crippen molar-refractivity contribution < 1.29 is 17.9 Å². The number of carbonyl (C=O) groups excluding carboxylic acids is 1. The average Bonchev–Trinajstić information content (AvgIpc) is 2.44. The van der Waals surface area contributed by atoms with Gasteiger partial charge in [-0.15, -0.1) is 0 Å². The summed E-state index contributed by atoms with van der Waals surface area (Å²) in [5, 5.41) is 0.510. The Labute approximate surface area is 154 Å². The van der Waals surface area contributed by atoms with Crippen LogP contribution in [0, 0.1) is 0 Å². The quantitative estimate of drug-likeness (QED) is 0.797. The van der Waals surface area contributed by atoms with Gasteiger partial charge in [0, 0.05) is 30.7 Å². The Bertz CT molecular complexity index is 730. The van der Waals surface area contributed by atoms with Gasteiger partial charge in [0.15, 0.2) is 0 Å². The number of halogens is 1. The van der Waals surface area contributed by atoms with Crippen molar-refractivity contribution in [3.63, 3.8) is 0 Å². The van der Waals surface area contributed by atoms with Gasteiger partial charge in [0.05, 0.1) is 5.75 Å². The first-order valence-corrected chi connectivity index (χ1v) is 10.2. The van der Waals surface area contributed by atoms with Crippen LogP contribution in [-0.2, 0) is 20.5 Å². The Morgan fingerprint density at radius 2 is 2.00 bits per heavy atom. The minimum absolute atomic E-state index is 0.104. The number of carbonyl (C=O) groups is 1. The zero-order valence-electron chi connectivity index (χ0n) is 15.0. The van der Waals surface area contributed by atoms with Crippen molar-refractivity contribution in [2.24, 2.45) is 0 Å². The lowest BCUT2D eigenvalue weighted by atomic mass is 10.2. The number of nitrogens with zero attached hydrogens (tertiary/aromatic N) is 2.